The highest BCUT2D eigenvalue weighted by molar-refractivity contribution is 5.44. The minimum Gasteiger partial charge on any atom is -0.0622 e. The fourth-order valence-corrected chi connectivity index (χ4v) is 1.37. The molecule has 0 aromatic heterocycles. The van der Waals surface area contributed by atoms with E-state index in [2.05, 4.69) is 42.7 Å². The van der Waals surface area contributed by atoms with Crippen LogP contribution < -0.4 is 0 Å². The monoisotopic (exact) mass is 217 g/mol. The van der Waals surface area contributed by atoms with Crippen LogP contribution in [-0.4, -0.2) is 0 Å². The molecule has 80 valence electrons. The van der Waals surface area contributed by atoms with Gasteiger partial charge in [-0.15, -0.1) is 0 Å². The summed E-state index contributed by atoms with van der Waals surface area (Å²) in [5.41, 5.74) is 3.23. The molecule has 0 heteroatoms. The molecule has 2 rings (SSSR count). The maximum atomic E-state index is 3.02. The third-order valence-corrected chi connectivity index (χ3v) is 2.30. The molecular weight excluding hydrogens is 205 g/mol. The van der Waals surface area contributed by atoms with Gasteiger partial charge in [0.25, 0.3) is 0 Å². The SMILES string of the molecule is Cc1ccc([13C]#CC#Cc2ccccc2)cc1. The molecule has 0 N–H and O–H groups in total. The van der Waals surface area contributed by atoms with Crippen LogP contribution >= 0.6 is 0 Å². The van der Waals surface area contributed by atoms with Crippen molar-refractivity contribution in [3.63, 3.8) is 0 Å². The van der Waals surface area contributed by atoms with Gasteiger partial charge in [0.05, 0.1) is 0 Å². The summed E-state index contributed by atoms with van der Waals surface area (Å²) >= 11 is 0. The zero-order valence-electron chi connectivity index (χ0n) is 9.70. The highest BCUT2D eigenvalue weighted by Crippen LogP contribution is 2.00. The Labute approximate surface area is 102 Å². The van der Waals surface area contributed by atoms with E-state index in [9.17, 15) is 0 Å². The molecule has 0 aliphatic rings. The van der Waals surface area contributed by atoms with E-state index in [1.54, 1.807) is 0 Å². The first-order valence-electron chi connectivity index (χ1n) is 5.48. The first-order valence-corrected chi connectivity index (χ1v) is 5.48. The molecule has 0 radical (unpaired) electrons. The lowest BCUT2D eigenvalue weighted by Gasteiger charge is -1.90. The fourth-order valence-electron chi connectivity index (χ4n) is 1.37. The van der Waals surface area contributed by atoms with Gasteiger partial charge in [0, 0.05) is 11.1 Å². The van der Waals surface area contributed by atoms with Crippen molar-refractivity contribution < 1.29 is 0 Å². The van der Waals surface area contributed by atoms with Crippen LogP contribution in [0.1, 0.15) is 16.7 Å². The Morgan fingerprint density at radius 3 is 1.76 bits per heavy atom. The molecule has 0 amide bonds. The van der Waals surface area contributed by atoms with Crippen molar-refractivity contribution in [3.05, 3.63) is 71.3 Å². The van der Waals surface area contributed by atoms with Gasteiger partial charge in [0.1, 0.15) is 0 Å². The predicted molar refractivity (Wildman–Crippen MR) is 71.4 cm³/mol. The van der Waals surface area contributed by atoms with E-state index in [0.717, 1.165) is 11.1 Å². The average Bonchev–Trinajstić information content (AvgIpc) is 2.38. The number of rotatable bonds is 0. The van der Waals surface area contributed by atoms with E-state index in [-0.39, 0.29) is 0 Å². The summed E-state index contributed by atoms with van der Waals surface area (Å²) < 4.78 is 0. The summed E-state index contributed by atoms with van der Waals surface area (Å²) in [5, 5.41) is 0. The Morgan fingerprint density at radius 2 is 1.18 bits per heavy atom. The van der Waals surface area contributed by atoms with E-state index in [4.69, 9.17) is 0 Å². The molecular formula is C17H12. The standard InChI is InChI=1S/C17H12/c1-15-11-13-17(14-12-15)10-6-5-9-16-7-3-2-4-8-16/h2-4,7-8,11-14H,1H3/i10+1. The van der Waals surface area contributed by atoms with Crippen LogP contribution in [0.3, 0.4) is 0 Å². The van der Waals surface area contributed by atoms with Crippen molar-refractivity contribution in [2.45, 2.75) is 6.92 Å². The van der Waals surface area contributed by atoms with E-state index < -0.39 is 0 Å². The highest BCUT2D eigenvalue weighted by atomic mass is 14.1. The zero-order valence-corrected chi connectivity index (χ0v) is 9.70. The average molecular weight is 217 g/mol. The minimum absolute atomic E-state index is 0.991. The van der Waals surface area contributed by atoms with Crippen LogP contribution in [0.4, 0.5) is 0 Å². The molecule has 0 nitrogen and oxygen atoms in total. The third-order valence-electron chi connectivity index (χ3n) is 2.30. The van der Waals surface area contributed by atoms with Crippen LogP contribution in [0.25, 0.3) is 0 Å². The van der Waals surface area contributed by atoms with Crippen molar-refractivity contribution in [2.24, 2.45) is 0 Å². The molecule has 2 aromatic carbocycles. The quantitative estimate of drug-likeness (QED) is 0.468. The molecule has 0 saturated heterocycles. The van der Waals surface area contributed by atoms with Crippen molar-refractivity contribution in [2.75, 3.05) is 0 Å². The van der Waals surface area contributed by atoms with E-state index in [1.165, 1.54) is 5.56 Å². The van der Waals surface area contributed by atoms with Gasteiger partial charge in [0.2, 0.25) is 0 Å². The van der Waals surface area contributed by atoms with Crippen LogP contribution in [0, 0.1) is 30.6 Å². The van der Waals surface area contributed by atoms with Gasteiger partial charge in [-0.25, -0.2) is 0 Å². The third kappa shape index (κ3) is 3.56. The van der Waals surface area contributed by atoms with Crippen LogP contribution in [0.5, 0.6) is 0 Å². The Bertz CT molecular complexity index is 596. The summed E-state index contributed by atoms with van der Waals surface area (Å²) in [6.07, 6.45) is 0. The van der Waals surface area contributed by atoms with Gasteiger partial charge in [-0.1, -0.05) is 47.7 Å². The first kappa shape index (κ1) is 11.1. The molecule has 2 aromatic rings. The van der Waals surface area contributed by atoms with Gasteiger partial charge in [0.15, 0.2) is 0 Å². The largest absolute Gasteiger partial charge is 0.0622 e. The molecule has 0 bridgehead atoms. The van der Waals surface area contributed by atoms with Gasteiger partial charge in [-0.2, -0.15) is 0 Å². The smallest absolute Gasteiger partial charge is 0.0255 e. The number of benzene rings is 2. The summed E-state index contributed by atoms with van der Waals surface area (Å²) in [6.45, 7) is 2.06. The Hall–Kier alpha value is -2.44. The molecule has 0 aliphatic heterocycles. The van der Waals surface area contributed by atoms with Gasteiger partial charge in [-0.3, -0.25) is 0 Å². The van der Waals surface area contributed by atoms with Gasteiger partial charge >= 0.3 is 0 Å². The van der Waals surface area contributed by atoms with Crippen molar-refractivity contribution in [1.29, 1.82) is 0 Å². The number of aryl methyl sites for hydroxylation is 1. The van der Waals surface area contributed by atoms with E-state index >= 15 is 0 Å². The van der Waals surface area contributed by atoms with Crippen LogP contribution in [0.2, 0.25) is 0 Å². The van der Waals surface area contributed by atoms with Crippen molar-refractivity contribution in [1.82, 2.24) is 0 Å². The number of hydrogen-bond acceptors (Lipinski definition) is 0. The normalized spacial score (nSPS) is 8.53. The lowest BCUT2D eigenvalue weighted by Crippen LogP contribution is -1.74. The molecule has 0 aliphatic carbocycles. The Morgan fingerprint density at radius 1 is 0.647 bits per heavy atom. The van der Waals surface area contributed by atoms with Crippen molar-refractivity contribution >= 4 is 0 Å². The topological polar surface area (TPSA) is 0 Å². The summed E-state index contributed by atoms with van der Waals surface area (Å²) in [5.74, 6) is 11.7. The van der Waals surface area contributed by atoms with E-state index in [0.29, 0.717) is 0 Å². The van der Waals surface area contributed by atoms with E-state index in [1.807, 2.05) is 42.5 Å². The Balaban J connectivity index is 2.09. The lowest BCUT2D eigenvalue weighted by molar-refractivity contribution is 1.46. The molecule has 0 spiro atoms. The molecule has 0 heterocycles. The molecule has 0 fully saturated rings. The fraction of sp³-hybridized carbons (Fsp3) is 0.0588. The van der Waals surface area contributed by atoms with Crippen LogP contribution in [0.15, 0.2) is 54.6 Å². The van der Waals surface area contributed by atoms with Gasteiger partial charge in [-0.05, 0) is 43.0 Å². The van der Waals surface area contributed by atoms with Crippen LogP contribution in [-0.2, 0) is 0 Å². The second-order valence-corrected chi connectivity index (χ2v) is 3.73. The first-order chi connectivity index (χ1) is 8.34. The summed E-state index contributed by atoms with van der Waals surface area (Å²) in [7, 11) is 0. The second-order valence-electron chi connectivity index (χ2n) is 3.73. The highest BCUT2D eigenvalue weighted by Gasteiger charge is 1.84. The maximum absolute atomic E-state index is 3.02. The molecule has 0 unspecified atom stereocenters. The van der Waals surface area contributed by atoms with Gasteiger partial charge < -0.3 is 0 Å². The predicted octanol–water partition coefficient (Wildman–Crippen LogP) is 3.40. The molecule has 0 saturated carbocycles. The van der Waals surface area contributed by atoms with Crippen molar-refractivity contribution in [3.8, 4) is 23.7 Å². The lowest BCUT2D eigenvalue weighted by atomic mass is 10.2. The second kappa shape index (κ2) is 5.59. The molecule has 0 atom stereocenters. The summed E-state index contributed by atoms with van der Waals surface area (Å²) in [4.78, 5) is 0. The maximum Gasteiger partial charge on any atom is 0.0255 e. The zero-order chi connectivity index (χ0) is 11.9. The Kier molecular flexibility index (Phi) is 3.64. The summed E-state index contributed by atoms with van der Waals surface area (Å²) in [6, 6.07) is 18.0. The number of hydrogen-bond donors (Lipinski definition) is 0. The molecule has 17 heavy (non-hydrogen) atoms. The minimum atomic E-state index is 0.991.